The topological polar surface area (TPSA) is 98.0 Å². The van der Waals surface area contributed by atoms with Gasteiger partial charge in [-0.05, 0) is 31.1 Å². The van der Waals surface area contributed by atoms with Crippen LogP contribution in [-0.2, 0) is 24.9 Å². The summed E-state index contributed by atoms with van der Waals surface area (Å²) in [5, 5.41) is 6.77. The van der Waals surface area contributed by atoms with Crippen LogP contribution in [0.25, 0.3) is 0 Å². The summed E-state index contributed by atoms with van der Waals surface area (Å²) in [4.78, 5) is 31.5. The minimum Gasteiger partial charge on any atom is -0.372 e. The van der Waals surface area contributed by atoms with Crippen molar-refractivity contribution in [2.45, 2.75) is 38.5 Å². The normalized spacial score (nSPS) is 25.5. The Hall–Kier alpha value is -2.42. The lowest BCUT2D eigenvalue weighted by molar-refractivity contribution is 0.0648. The first-order chi connectivity index (χ1) is 12.6. The minimum atomic E-state index is -0.243. The average molecular weight is 358 g/mol. The van der Waals surface area contributed by atoms with Gasteiger partial charge in [0, 0.05) is 20.1 Å². The lowest BCUT2D eigenvalue weighted by atomic mass is 9.94. The molecule has 1 saturated carbocycles. The Morgan fingerprint density at radius 3 is 2.88 bits per heavy atom. The van der Waals surface area contributed by atoms with E-state index in [1.165, 1.54) is 17.4 Å². The number of hydrogen-bond donors (Lipinski definition) is 1. The third-order valence-electron chi connectivity index (χ3n) is 5.96. The SMILES string of the molecule is Cn1c(C2C(C3CC3)CCN2C(=O)c2cnc3n2CCOC3)n[nH]c1=O. The first-order valence-corrected chi connectivity index (χ1v) is 9.19. The molecular formula is C17H22N6O3. The number of aromatic nitrogens is 5. The third kappa shape index (κ3) is 2.33. The van der Waals surface area contributed by atoms with Gasteiger partial charge in [-0.2, -0.15) is 5.10 Å². The van der Waals surface area contributed by atoms with E-state index in [1.807, 2.05) is 9.47 Å². The van der Waals surface area contributed by atoms with Gasteiger partial charge in [-0.15, -0.1) is 0 Å². The molecule has 1 amide bonds. The van der Waals surface area contributed by atoms with Gasteiger partial charge in [0.1, 0.15) is 18.1 Å². The molecule has 2 atom stereocenters. The summed E-state index contributed by atoms with van der Waals surface area (Å²) >= 11 is 0. The highest BCUT2D eigenvalue weighted by Gasteiger charge is 2.48. The zero-order valence-electron chi connectivity index (χ0n) is 14.7. The van der Waals surface area contributed by atoms with Crippen molar-refractivity contribution in [3.05, 3.63) is 34.0 Å². The smallest absolute Gasteiger partial charge is 0.343 e. The fourth-order valence-corrected chi connectivity index (χ4v) is 4.43. The molecule has 2 unspecified atom stereocenters. The molecular weight excluding hydrogens is 336 g/mol. The highest BCUT2D eigenvalue weighted by molar-refractivity contribution is 5.93. The third-order valence-corrected chi connectivity index (χ3v) is 5.96. The minimum absolute atomic E-state index is 0.0331. The molecule has 138 valence electrons. The maximum atomic E-state index is 13.4. The fourth-order valence-electron chi connectivity index (χ4n) is 4.43. The van der Waals surface area contributed by atoms with Gasteiger partial charge < -0.3 is 14.2 Å². The van der Waals surface area contributed by atoms with Crippen molar-refractivity contribution >= 4 is 5.91 Å². The van der Waals surface area contributed by atoms with E-state index in [-0.39, 0.29) is 17.6 Å². The van der Waals surface area contributed by atoms with E-state index < -0.39 is 0 Å². The van der Waals surface area contributed by atoms with E-state index in [0.717, 1.165) is 12.2 Å². The van der Waals surface area contributed by atoms with Gasteiger partial charge in [0.2, 0.25) is 0 Å². The molecule has 4 heterocycles. The molecule has 1 N–H and O–H groups in total. The number of nitrogens with one attached hydrogen (secondary N) is 1. The lowest BCUT2D eigenvalue weighted by Gasteiger charge is -2.28. The number of likely N-dealkylation sites (tertiary alicyclic amines) is 1. The number of rotatable bonds is 3. The second-order valence-corrected chi connectivity index (χ2v) is 7.44. The molecule has 3 aliphatic rings. The van der Waals surface area contributed by atoms with Crippen molar-refractivity contribution in [3.63, 3.8) is 0 Å². The number of nitrogens with zero attached hydrogens (tertiary/aromatic N) is 5. The predicted octanol–water partition coefficient (Wildman–Crippen LogP) is 0.449. The van der Waals surface area contributed by atoms with Gasteiger partial charge in [-0.1, -0.05) is 0 Å². The summed E-state index contributed by atoms with van der Waals surface area (Å²) in [6, 6.07) is -0.162. The molecule has 2 aliphatic heterocycles. The molecule has 5 rings (SSSR count). The average Bonchev–Trinajstić information content (AvgIpc) is 3.12. The van der Waals surface area contributed by atoms with Crippen molar-refractivity contribution < 1.29 is 9.53 Å². The molecule has 26 heavy (non-hydrogen) atoms. The Labute approximate surface area is 150 Å². The number of ether oxygens (including phenoxy) is 1. The van der Waals surface area contributed by atoms with Crippen LogP contribution in [0.3, 0.4) is 0 Å². The second kappa shape index (κ2) is 5.80. The molecule has 9 nitrogen and oxygen atoms in total. The summed E-state index contributed by atoms with van der Waals surface area (Å²) in [5.74, 6) is 2.40. The van der Waals surface area contributed by atoms with Gasteiger partial charge in [0.15, 0.2) is 5.82 Å². The zero-order valence-corrected chi connectivity index (χ0v) is 14.7. The summed E-state index contributed by atoms with van der Waals surface area (Å²) in [7, 11) is 1.71. The number of aromatic amines is 1. The zero-order chi connectivity index (χ0) is 17.8. The molecule has 2 aromatic heterocycles. The van der Waals surface area contributed by atoms with Crippen molar-refractivity contribution in [2.75, 3.05) is 13.2 Å². The number of amides is 1. The monoisotopic (exact) mass is 358 g/mol. The second-order valence-electron chi connectivity index (χ2n) is 7.44. The van der Waals surface area contributed by atoms with Crippen LogP contribution in [0.15, 0.2) is 11.0 Å². The van der Waals surface area contributed by atoms with Gasteiger partial charge in [0.25, 0.3) is 5.91 Å². The number of imidazole rings is 1. The lowest BCUT2D eigenvalue weighted by Crippen LogP contribution is -2.36. The molecule has 1 aliphatic carbocycles. The van der Waals surface area contributed by atoms with E-state index in [9.17, 15) is 9.59 Å². The quantitative estimate of drug-likeness (QED) is 0.859. The van der Waals surface area contributed by atoms with Gasteiger partial charge >= 0.3 is 5.69 Å². The van der Waals surface area contributed by atoms with Crippen LogP contribution >= 0.6 is 0 Å². The molecule has 0 aromatic carbocycles. The van der Waals surface area contributed by atoms with Crippen molar-refractivity contribution in [1.29, 1.82) is 0 Å². The van der Waals surface area contributed by atoms with Crippen LogP contribution in [0.2, 0.25) is 0 Å². The summed E-state index contributed by atoms with van der Waals surface area (Å²) < 4.78 is 8.91. The van der Waals surface area contributed by atoms with E-state index >= 15 is 0 Å². The highest BCUT2D eigenvalue weighted by atomic mass is 16.5. The largest absolute Gasteiger partial charge is 0.372 e. The Kier molecular flexibility index (Phi) is 3.53. The molecule has 0 bridgehead atoms. The molecule has 2 fully saturated rings. The van der Waals surface area contributed by atoms with Crippen molar-refractivity contribution in [1.82, 2.24) is 29.2 Å². The van der Waals surface area contributed by atoms with Gasteiger partial charge in [0.05, 0.1) is 18.8 Å². The Bertz CT molecular complexity index is 908. The molecule has 2 aromatic rings. The maximum absolute atomic E-state index is 13.4. The number of hydrogen-bond acceptors (Lipinski definition) is 5. The van der Waals surface area contributed by atoms with Crippen molar-refractivity contribution in [2.24, 2.45) is 18.9 Å². The van der Waals surface area contributed by atoms with Crippen LogP contribution in [0.4, 0.5) is 0 Å². The van der Waals surface area contributed by atoms with Gasteiger partial charge in [-0.25, -0.2) is 14.9 Å². The predicted molar refractivity (Wildman–Crippen MR) is 90.3 cm³/mol. The maximum Gasteiger partial charge on any atom is 0.343 e. The van der Waals surface area contributed by atoms with Crippen LogP contribution < -0.4 is 5.69 Å². The fraction of sp³-hybridized carbons (Fsp3) is 0.647. The van der Waals surface area contributed by atoms with E-state index in [1.54, 1.807) is 13.2 Å². The Morgan fingerprint density at radius 1 is 1.31 bits per heavy atom. The Morgan fingerprint density at radius 2 is 2.15 bits per heavy atom. The number of carbonyl (C=O) groups is 1. The van der Waals surface area contributed by atoms with E-state index in [0.29, 0.717) is 49.7 Å². The van der Waals surface area contributed by atoms with Crippen LogP contribution in [0.5, 0.6) is 0 Å². The summed E-state index contributed by atoms with van der Waals surface area (Å²) in [6.45, 7) is 2.35. The van der Waals surface area contributed by atoms with Crippen molar-refractivity contribution in [3.8, 4) is 0 Å². The molecule has 0 radical (unpaired) electrons. The number of carbonyl (C=O) groups excluding carboxylic acids is 1. The Balaban J connectivity index is 1.52. The van der Waals surface area contributed by atoms with Gasteiger partial charge in [-0.3, -0.25) is 9.36 Å². The number of fused-ring (bicyclic) bond motifs is 1. The summed E-state index contributed by atoms with van der Waals surface area (Å²) in [6.07, 6.45) is 4.99. The number of H-pyrrole nitrogens is 1. The summed E-state index contributed by atoms with van der Waals surface area (Å²) in [5.41, 5.74) is 0.359. The van der Waals surface area contributed by atoms with Crippen LogP contribution in [0, 0.1) is 11.8 Å². The first-order valence-electron chi connectivity index (χ1n) is 9.19. The van der Waals surface area contributed by atoms with Crippen LogP contribution in [-0.4, -0.2) is 48.3 Å². The molecule has 9 heteroatoms. The highest BCUT2D eigenvalue weighted by Crippen LogP contribution is 2.50. The molecule has 1 saturated heterocycles. The van der Waals surface area contributed by atoms with Crippen LogP contribution in [0.1, 0.15) is 47.4 Å². The standard InChI is InChI=1S/C17H22N6O3/c1-21-15(19-20-17(21)25)14-11(10-2-3-10)4-5-23(14)16(24)12-8-18-13-9-26-7-6-22(12)13/h8,10-11,14H,2-7,9H2,1H3,(H,20,25). The first kappa shape index (κ1) is 15.8. The van der Waals surface area contributed by atoms with E-state index in [2.05, 4.69) is 15.2 Å². The molecule has 0 spiro atoms. The van der Waals surface area contributed by atoms with E-state index in [4.69, 9.17) is 4.74 Å².